The summed E-state index contributed by atoms with van der Waals surface area (Å²) in [6.45, 7) is 5.80. The number of benzene rings is 1. The van der Waals surface area contributed by atoms with Gasteiger partial charge in [-0.3, -0.25) is 0 Å². The molecule has 0 radical (unpaired) electrons. The zero-order valence-corrected chi connectivity index (χ0v) is 15.2. The van der Waals surface area contributed by atoms with E-state index in [4.69, 9.17) is 10.7 Å². The van der Waals surface area contributed by atoms with Crippen LogP contribution in [0.5, 0.6) is 0 Å². The summed E-state index contributed by atoms with van der Waals surface area (Å²) >= 11 is 0. The Kier molecular flexibility index (Phi) is 3.75. The molecule has 1 aromatic carbocycles. The van der Waals surface area contributed by atoms with E-state index in [0.717, 1.165) is 64.0 Å². The molecule has 0 atom stereocenters. The number of pyridine rings is 2. The number of likely N-dealkylation sites (tertiary alicyclic amines) is 1. The zero-order valence-electron chi connectivity index (χ0n) is 15.2. The summed E-state index contributed by atoms with van der Waals surface area (Å²) in [5.41, 5.74) is 11.4. The van der Waals surface area contributed by atoms with Gasteiger partial charge in [0.2, 0.25) is 5.95 Å². The van der Waals surface area contributed by atoms with Crippen LogP contribution in [0.15, 0.2) is 48.8 Å². The first-order valence-electron chi connectivity index (χ1n) is 9.21. The Morgan fingerprint density at radius 2 is 2.04 bits per heavy atom. The van der Waals surface area contributed by atoms with Gasteiger partial charge in [-0.25, -0.2) is 15.0 Å². The number of fused-ring (bicyclic) bond motifs is 3. The molecule has 1 aliphatic rings. The van der Waals surface area contributed by atoms with Crippen LogP contribution in [0.3, 0.4) is 0 Å². The third-order valence-electron chi connectivity index (χ3n) is 5.24. The predicted octanol–water partition coefficient (Wildman–Crippen LogP) is 4.00. The average Bonchev–Trinajstić information content (AvgIpc) is 3.29. The zero-order chi connectivity index (χ0) is 19.3. The molecule has 0 aliphatic carbocycles. The van der Waals surface area contributed by atoms with E-state index in [9.17, 15) is 4.39 Å². The molecule has 6 nitrogen and oxygen atoms in total. The molecule has 4 heterocycles. The Balaban J connectivity index is 1.58. The molecular formula is C21H19FN6. The normalized spacial score (nSPS) is 14.5. The molecule has 7 heteroatoms. The number of nitrogens with two attached hydrogens (primary N) is 1. The van der Waals surface area contributed by atoms with Gasteiger partial charge in [-0.05, 0) is 42.7 Å². The molecule has 4 aromatic rings. The van der Waals surface area contributed by atoms with Crippen molar-refractivity contribution >= 4 is 27.8 Å². The second kappa shape index (κ2) is 6.30. The van der Waals surface area contributed by atoms with E-state index >= 15 is 0 Å². The van der Waals surface area contributed by atoms with Gasteiger partial charge in [-0.15, -0.1) is 0 Å². The number of allylic oxidation sites excluding steroid dienone is 1. The van der Waals surface area contributed by atoms with Gasteiger partial charge in [0.1, 0.15) is 22.7 Å². The summed E-state index contributed by atoms with van der Waals surface area (Å²) < 4.78 is 13.1. The van der Waals surface area contributed by atoms with Crippen LogP contribution >= 0.6 is 0 Å². The summed E-state index contributed by atoms with van der Waals surface area (Å²) in [5.74, 6) is 0.764. The van der Waals surface area contributed by atoms with Crippen molar-refractivity contribution in [2.45, 2.75) is 19.4 Å². The predicted molar refractivity (Wildman–Crippen MR) is 108 cm³/mol. The lowest BCUT2D eigenvalue weighted by atomic mass is 10.0. The molecule has 1 aliphatic heterocycles. The van der Waals surface area contributed by atoms with Crippen molar-refractivity contribution in [3.8, 4) is 11.1 Å². The van der Waals surface area contributed by atoms with Crippen molar-refractivity contribution in [3.63, 3.8) is 0 Å². The Hall–Kier alpha value is -3.48. The van der Waals surface area contributed by atoms with Crippen LogP contribution in [0.4, 0.5) is 10.2 Å². The standard InChI is InChI=1S/C21H19FN6/c1-12-3-2-8-28(12)11-18-26-19-15-6-4-13(14-5-7-17(22)24-10-14)9-16(15)25-21(23)20(19)27-18/h4-7,9-10H,1-3,8,11H2,(H2,23,25)(H,26,27). The van der Waals surface area contributed by atoms with Gasteiger partial charge in [0.25, 0.3) is 0 Å². The Morgan fingerprint density at radius 3 is 2.79 bits per heavy atom. The topological polar surface area (TPSA) is 83.7 Å². The highest BCUT2D eigenvalue weighted by atomic mass is 19.1. The largest absolute Gasteiger partial charge is 0.382 e. The van der Waals surface area contributed by atoms with Crippen molar-refractivity contribution in [2.24, 2.45) is 0 Å². The van der Waals surface area contributed by atoms with Gasteiger partial charge in [-0.2, -0.15) is 4.39 Å². The number of hydrogen-bond acceptors (Lipinski definition) is 5. The third-order valence-corrected chi connectivity index (χ3v) is 5.24. The van der Waals surface area contributed by atoms with Crippen molar-refractivity contribution in [3.05, 3.63) is 60.6 Å². The van der Waals surface area contributed by atoms with Crippen LogP contribution < -0.4 is 5.73 Å². The Bertz CT molecular complexity index is 1210. The molecule has 1 fully saturated rings. The summed E-state index contributed by atoms with van der Waals surface area (Å²) in [4.78, 5) is 18.6. The van der Waals surface area contributed by atoms with Gasteiger partial charge in [-0.1, -0.05) is 12.6 Å². The maximum atomic E-state index is 13.1. The molecule has 140 valence electrons. The second-order valence-corrected chi connectivity index (χ2v) is 7.10. The average molecular weight is 374 g/mol. The number of nitrogens with zero attached hydrogens (tertiary/aromatic N) is 4. The van der Waals surface area contributed by atoms with E-state index in [-0.39, 0.29) is 0 Å². The van der Waals surface area contributed by atoms with Crippen molar-refractivity contribution in [1.29, 1.82) is 0 Å². The molecule has 0 unspecified atom stereocenters. The Morgan fingerprint density at radius 1 is 1.18 bits per heavy atom. The maximum Gasteiger partial charge on any atom is 0.212 e. The van der Waals surface area contributed by atoms with Crippen LogP contribution in [0.1, 0.15) is 18.7 Å². The van der Waals surface area contributed by atoms with Gasteiger partial charge >= 0.3 is 0 Å². The summed E-state index contributed by atoms with van der Waals surface area (Å²) in [6, 6.07) is 8.90. The number of nitrogen functional groups attached to an aromatic ring is 1. The van der Waals surface area contributed by atoms with Crippen LogP contribution in [0.25, 0.3) is 33.1 Å². The molecular weight excluding hydrogens is 355 g/mol. The summed E-state index contributed by atoms with van der Waals surface area (Å²) in [7, 11) is 0. The lowest BCUT2D eigenvalue weighted by Crippen LogP contribution is -2.17. The minimum Gasteiger partial charge on any atom is -0.382 e. The van der Waals surface area contributed by atoms with Crippen LogP contribution in [-0.4, -0.2) is 31.4 Å². The van der Waals surface area contributed by atoms with E-state index in [2.05, 4.69) is 26.4 Å². The first kappa shape index (κ1) is 16.7. The maximum absolute atomic E-state index is 13.1. The van der Waals surface area contributed by atoms with Crippen molar-refractivity contribution in [2.75, 3.05) is 12.3 Å². The fourth-order valence-electron chi connectivity index (χ4n) is 3.78. The number of aromatic amines is 1. The molecule has 0 amide bonds. The first-order chi connectivity index (χ1) is 13.6. The molecule has 0 saturated carbocycles. The molecule has 0 bridgehead atoms. The number of nitrogens with one attached hydrogen (secondary N) is 1. The molecule has 28 heavy (non-hydrogen) atoms. The fraction of sp³-hybridized carbons (Fsp3) is 0.190. The van der Waals surface area contributed by atoms with E-state index < -0.39 is 5.95 Å². The second-order valence-electron chi connectivity index (χ2n) is 7.10. The van der Waals surface area contributed by atoms with E-state index in [1.165, 1.54) is 12.3 Å². The summed E-state index contributed by atoms with van der Waals surface area (Å²) in [5, 5.41) is 0.922. The first-order valence-corrected chi connectivity index (χ1v) is 9.21. The molecule has 3 aromatic heterocycles. The fourth-order valence-corrected chi connectivity index (χ4v) is 3.78. The van der Waals surface area contributed by atoms with Crippen molar-refractivity contribution in [1.82, 2.24) is 24.8 Å². The van der Waals surface area contributed by atoms with Crippen LogP contribution in [-0.2, 0) is 6.54 Å². The van der Waals surface area contributed by atoms with Crippen LogP contribution in [0.2, 0.25) is 0 Å². The number of halogens is 1. The third kappa shape index (κ3) is 2.76. The number of imidazole rings is 1. The van der Waals surface area contributed by atoms with Gasteiger partial charge in [0, 0.05) is 29.4 Å². The minimum absolute atomic E-state index is 0.413. The number of aromatic nitrogens is 4. The molecule has 0 spiro atoms. The number of hydrogen-bond donors (Lipinski definition) is 2. The van der Waals surface area contributed by atoms with Crippen LogP contribution in [0, 0.1) is 5.95 Å². The molecule has 3 N–H and O–H groups in total. The monoisotopic (exact) mass is 374 g/mol. The van der Waals surface area contributed by atoms with Gasteiger partial charge < -0.3 is 15.6 Å². The Labute approximate surface area is 160 Å². The lowest BCUT2D eigenvalue weighted by molar-refractivity contribution is 0.378. The summed E-state index contributed by atoms with van der Waals surface area (Å²) in [6.07, 6.45) is 3.68. The van der Waals surface area contributed by atoms with Gasteiger partial charge in [0.15, 0.2) is 0 Å². The van der Waals surface area contributed by atoms with E-state index in [1.807, 2.05) is 18.2 Å². The lowest BCUT2D eigenvalue weighted by Gasteiger charge is -2.16. The highest BCUT2D eigenvalue weighted by Crippen LogP contribution is 2.30. The van der Waals surface area contributed by atoms with Gasteiger partial charge in [0.05, 0.1) is 12.1 Å². The number of rotatable bonds is 3. The molecule has 5 rings (SSSR count). The number of anilines is 1. The highest BCUT2D eigenvalue weighted by molar-refractivity contribution is 6.07. The smallest absolute Gasteiger partial charge is 0.212 e. The van der Waals surface area contributed by atoms with Crippen molar-refractivity contribution < 1.29 is 4.39 Å². The molecule has 1 saturated heterocycles. The van der Waals surface area contributed by atoms with E-state index in [1.54, 1.807) is 6.07 Å². The minimum atomic E-state index is -0.502. The highest BCUT2D eigenvalue weighted by Gasteiger charge is 2.18. The van der Waals surface area contributed by atoms with E-state index in [0.29, 0.717) is 12.4 Å². The SMILES string of the molecule is C=C1CCCN1Cc1nc2c([nH]1)c(N)nc1cc(-c3ccc(F)nc3)ccc12. The quantitative estimate of drug-likeness (QED) is 0.530. The number of H-pyrrole nitrogens is 1.